The van der Waals surface area contributed by atoms with Gasteiger partial charge in [-0.15, -0.1) is 0 Å². The second-order valence-corrected chi connectivity index (χ2v) is 12.2. The molecule has 2 saturated heterocycles. The lowest BCUT2D eigenvalue weighted by Crippen LogP contribution is -2.55. The van der Waals surface area contributed by atoms with Crippen molar-refractivity contribution in [1.29, 1.82) is 0 Å². The molecule has 3 heterocycles. The lowest BCUT2D eigenvalue weighted by molar-refractivity contribution is 0.0939. The summed E-state index contributed by atoms with van der Waals surface area (Å²) in [5.41, 5.74) is 5.86. The lowest BCUT2D eigenvalue weighted by Gasteiger charge is -2.43. The van der Waals surface area contributed by atoms with E-state index >= 15 is 0 Å². The first kappa shape index (κ1) is 26.0. The summed E-state index contributed by atoms with van der Waals surface area (Å²) in [6.45, 7) is 8.35. The summed E-state index contributed by atoms with van der Waals surface area (Å²) >= 11 is 2.54. The minimum Gasteiger partial charge on any atom is -0.497 e. The number of hydrogen-bond acceptors (Lipinski definition) is 5. The number of piperazine rings is 1. The van der Waals surface area contributed by atoms with E-state index in [0.29, 0.717) is 16.1 Å². The van der Waals surface area contributed by atoms with Crippen molar-refractivity contribution in [2.75, 3.05) is 25.1 Å². The first-order valence-electron chi connectivity index (χ1n) is 13.0. The van der Waals surface area contributed by atoms with Crippen LogP contribution in [-0.2, 0) is 7.05 Å². The summed E-state index contributed by atoms with van der Waals surface area (Å²) in [7, 11) is 3.57. The number of alkyl halides is 1. The molecule has 8 heteroatoms. The Balaban J connectivity index is 1.34. The van der Waals surface area contributed by atoms with Crippen LogP contribution in [0.2, 0.25) is 0 Å². The van der Waals surface area contributed by atoms with Crippen LogP contribution in [0.5, 0.6) is 5.75 Å². The van der Waals surface area contributed by atoms with Crippen molar-refractivity contribution in [3.63, 3.8) is 0 Å². The van der Waals surface area contributed by atoms with Crippen molar-refractivity contribution < 1.29 is 9.53 Å². The second kappa shape index (κ2) is 10.6. The Bertz CT molecular complexity index is 1280. The molecule has 196 valence electrons. The number of aryl methyl sites for hydroxylation is 2. The molecule has 2 fully saturated rings. The zero-order valence-corrected chi connectivity index (χ0v) is 24.4. The van der Waals surface area contributed by atoms with Crippen LogP contribution in [0.3, 0.4) is 0 Å². The van der Waals surface area contributed by atoms with Gasteiger partial charge in [0.15, 0.2) is 0 Å². The van der Waals surface area contributed by atoms with Crippen LogP contribution in [0.15, 0.2) is 48.8 Å². The van der Waals surface area contributed by atoms with Gasteiger partial charge in [-0.05, 0) is 80.6 Å². The molecule has 4 atom stereocenters. The minimum absolute atomic E-state index is 0.0555. The number of amides is 1. The number of nitrogens with zero attached hydrogens (tertiary/aromatic N) is 4. The number of fused-ring (bicyclic) bond motifs is 2. The SMILES string of the molecule is COc1cc(-c2cnn(C)c2)cc([C@@H](C)NC(=O)c2cc(N3C[C@H]4CC[C@@H](C3)N4C(C)I)ccc2C)c1. The highest BCUT2D eigenvalue weighted by Gasteiger charge is 2.41. The molecule has 2 bridgehead atoms. The zero-order chi connectivity index (χ0) is 26.3. The van der Waals surface area contributed by atoms with E-state index in [9.17, 15) is 4.79 Å². The fourth-order valence-corrected chi connectivity index (χ4v) is 6.77. The highest BCUT2D eigenvalue weighted by atomic mass is 127. The monoisotopic (exact) mass is 613 g/mol. The van der Waals surface area contributed by atoms with E-state index in [4.69, 9.17) is 4.74 Å². The third kappa shape index (κ3) is 5.36. The van der Waals surface area contributed by atoms with Crippen molar-refractivity contribution in [1.82, 2.24) is 20.0 Å². The average Bonchev–Trinajstić information content (AvgIpc) is 3.44. The predicted octanol–water partition coefficient (Wildman–Crippen LogP) is 5.33. The molecule has 2 aliphatic heterocycles. The highest BCUT2D eigenvalue weighted by Crippen LogP contribution is 2.36. The van der Waals surface area contributed by atoms with Crippen LogP contribution in [0, 0.1) is 6.92 Å². The number of nitrogens with one attached hydrogen (secondary N) is 1. The first-order valence-corrected chi connectivity index (χ1v) is 14.2. The average molecular weight is 614 g/mol. The summed E-state index contributed by atoms with van der Waals surface area (Å²) in [6.07, 6.45) is 6.33. The maximum absolute atomic E-state index is 13.5. The van der Waals surface area contributed by atoms with Gasteiger partial charge in [-0.3, -0.25) is 14.4 Å². The molecule has 3 aromatic rings. The first-order chi connectivity index (χ1) is 17.7. The molecule has 2 aromatic carbocycles. The second-order valence-electron chi connectivity index (χ2n) is 10.4. The number of benzene rings is 2. The van der Waals surface area contributed by atoms with Gasteiger partial charge in [-0.1, -0.05) is 28.7 Å². The van der Waals surface area contributed by atoms with E-state index < -0.39 is 0 Å². The summed E-state index contributed by atoms with van der Waals surface area (Å²) in [4.78, 5) is 18.6. The molecule has 1 N–H and O–H groups in total. The van der Waals surface area contributed by atoms with Crippen molar-refractivity contribution >= 4 is 34.2 Å². The molecule has 1 unspecified atom stereocenters. The van der Waals surface area contributed by atoms with Crippen LogP contribution in [-0.4, -0.2) is 56.9 Å². The minimum atomic E-state index is -0.189. The van der Waals surface area contributed by atoms with E-state index in [0.717, 1.165) is 52.3 Å². The van der Waals surface area contributed by atoms with Crippen LogP contribution in [0.4, 0.5) is 5.69 Å². The number of halogens is 1. The Kier molecular flexibility index (Phi) is 7.49. The number of rotatable bonds is 7. The fourth-order valence-electron chi connectivity index (χ4n) is 5.86. The van der Waals surface area contributed by atoms with Crippen LogP contribution < -0.4 is 15.0 Å². The quantitative estimate of drug-likeness (QED) is 0.222. The molecule has 0 aliphatic carbocycles. The van der Waals surface area contributed by atoms with Gasteiger partial charge < -0.3 is 15.0 Å². The maximum Gasteiger partial charge on any atom is 0.252 e. The van der Waals surface area contributed by atoms with Crippen molar-refractivity contribution in [2.45, 2.75) is 55.8 Å². The molecule has 0 spiro atoms. The maximum atomic E-state index is 13.5. The number of ether oxygens (including phenoxy) is 1. The summed E-state index contributed by atoms with van der Waals surface area (Å²) in [5.74, 6) is 0.699. The van der Waals surface area contributed by atoms with Gasteiger partial charge in [-0.25, -0.2) is 0 Å². The van der Waals surface area contributed by atoms with Crippen molar-refractivity contribution in [3.8, 4) is 16.9 Å². The van der Waals surface area contributed by atoms with Crippen LogP contribution in [0.25, 0.3) is 11.1 Å². The van der Waals surface area contributed by atoms with Crippen molar-refractivity contribution in [3.05, 3.63) is 65.5 Å². The number of hydrogen-bond donors (Lipinski definition) is 1. The van der Waals surface area contributed by atoms with E-state index in [2.05, 4.69) is 74.0 Å². The van der Waals surface area contributed by atoms with Gasteiger partial charge in [0, 0.05) is 55.2 Å². The van der Waals surface area contributed by atoms with E-state index in [1.165, 1.54) is 12.8 Å². The smallest absolute Gasteiger partial charge is 0.252 e. The van der Waals surface area contributed by atoms with Gasteiger partial charge in [0.25, 0.3) is 5.91 Å². The van der Waals surface area contributed by atoms with E-state index in [1.54, 1.807) is 11.8 Å². The Morgan fingerprint density at radius 3 is 2.46 bits per heavy atom. The molecule has 0 radical (unpaired) electrons. The normalized spacial score (nSPS) is 21.1. The Labute approximate surface area is 233 Å². The number of aromatic nitrogens is 2. The van der Waals surface area contributed by atoms with Gasteiger partial charge in [-0.2, -0.15) is 5.10 Å². The summed E-state index contributed by atoms with van der Waals surface area (Å²) in [5, 5.41) is 7.52. The van der Waals surface area contributed by atoms with Gasteiger partial charge in [0.05, 0.1) is 23.4 Å². The fraction of sp³-hybridized carbons (Fsp3) is 0.448. The summed E-state index contributed by atoms with van der Waals surface area (Å²) < 4.78 is 7.89. The van der Waals surface area contributed by atoms with Crippen LogP contribution in [0.1, 0.15) is 54.2 Å². The molecule has 2 aliphatic rings. The highest BCUT2D eigenvalue weighted by molar-refractivity contribution is 14.1. The number of carbonyl (C=O) groups excluding carboxylic acids is 1. The Morgan fingerprint density at radius 1 is 1.11 bits per heavy atom. The molecular weight excluding hydrogens is 577 g/mol. The number of methoxy groups -OCH3 is 1. The molecule has 1 amide bonds. The van der Waals surface area contributed by atoms with Crippen molar-refractivity contribution in [2.24, 2.45) is 7.05 Å². The molecule has 5 rings (SSSR count). The topological polar surface area (TPSA) is 62.6 Å². The molecule has 1 aromatic heterocycles. The largest absolute Gasteiger partial charge is 0.497 e. The Morgan fingerprint density at radius 2 is 1.84 bits per heavy atom. The third-order valence-electron chi connectivity index (χ3n) is 7.83. The van der Waals surface area contributed by atoms with Gasteiger partial charge in [0.1, 0.15) is 5.75 Å². The number of carbonyl (C=O) groups is 1. The lowest BCUT2D eigenvalue weighted by atomic mass is 10.0. The molecule has 37 heavy (non-hydrogen) atoms. The van der Waals surface area contributed by atoms with Gasteiger partial charge in [0.2, 0.25) is 0 Å². The van der Waals surface area contributed by atoms with E-state index in [-0.39, 0.29) is 11.9 Å². The third-order valence-corrected chi connectivity index (χ3v) is 8.47. The standard InChI is InChI=1S/C29H36IN5O2/c1-18-6-7-24(34-16-25-8-9-26(17-34)35(25)20(3)30)13-28(18)29(36)32-19(2)21-10-22(12-27(11-21)37-5)23-14-31-33(4)15-23/h6-7,10-15,19-20,25-26H,8-9,16-17H2,1-5H3,(H,32,36)/t19-,20?,25-,26+/m1/s1. The summed E-state index contributed by atoms with van der Waals surface area (Å²) in [6, 6.07) is 13.4. The molecule has 0 saturated carbocycles. The van der Waals surface area contributed by atoms with Gasteiger partial charge >= 0.3 is 0 Å². The zero-order valence-electron chi connectivity index (χ0n) is 22.2. The predicted molar refractivity (Wildman–Crippen MR) is 157 cm³/mol. The Hall–Kier alpha value is -2.59. The molecular formula is C29H36IN5O2. The van der Waals surface area contributed by atoms with Crippen LogP contribution >= 0.6 is 22.6 Å². The molecule has 7 nitrogen and oxygen atoms in total. The van der Waals surface area contributed by atoms with E-state index in [1.807, 2.05) is 45.4 Å². The number of anilines is 1.